The third kappa shape index (κ3) is 3.21. The number of hydrogen-bond donors (Lipinski definition) is 3. The quantitative estimate of drug-likeness (QED) is 0.708. The molecule has 1 heterocycles. The molecule has 1 aromatic heterocycles. The largest absolute Gasteiger partial charge is 0.399 e. The number of urea groups is 1. The first-order valence-electron chi connectivity index (χ1n) is 5.33. The minimum Gasteiger partial charge on any atom is -0.399 e. The van der Waals surface area contributed by atoms with Crippen LogP contribution < -0.4 is 16.4 Å². The van der Waals surface area contributed by atoms with Crippen LogP contribution in [0.15, 0.2) is 28.8 Å². The number of aryl methyl sites for hydroxylation is 1. The predicted octanol–water partition coefficient (Wildman–Crippen LogP) is 1.28. The normalized spacial score (nSPS) is 10.1. The standard InChI is InChI=1S/C11H13N5O2/c1-7-14-10(18-16-7)6-13-11(17)15-9-4-2-3-8(12)5-9/h2-5H,6,12H2,1H3,(H2,13,15,17). The predicted molar refractivity (Wildman–Crippen MR) is 65.7 cm³/mol. The van der Waals surface area contributed by atoms with E-state index in [1.807, 2.05) is 0 Å². The molecular formula is C11H13N5O2. The van der Waals surface area contributed by atoms with Gasteiger partial charge in [0.15, 0.2) is 5.82 Å². The van der Waals surface area contributed by atoms with E-state index in [9.17, 15) is 4.79 Å². The minimum atomic E-state index is -0.364. The molecule has 0 radical (unpaired) electrons. The second kappa shape index (κ2) is 5.17. The molecule has 0 atom stereocenters. The maximum absolute atomic E-state index is 11.6. The molecule has 0 aliphatic rings. The molecule has 7 nitrogen and oxygen atoms in total. The number of anilines is 2. The van der Waals surface area contributed by atoms with E-state index >= 15 is 0 Å². The molecule has 7 heteroatoms. The van der Waals surface area contributed by atoms with E-state index in [2.05, 4.69) is 20.8 Å². The second-order valence-electron chi connectivity index (χ2n) is 3.67. The third-order valence-corrected chi connectivity index (χ3v) is 2.11. The molecule has 2 aromatic rings. The number of nitrogens with two attached hydrogens (primary N) is 1. The average molecular weight is 247 g/mol. The fourth-order valence-electron chi connectivity index (χ4n) is 1.36. The summed E-state index contributed by atoms with van der Waals surface area (Å²) in [7, 11) is 0. The maximum atomic E-state index is 11.6. The van der Waals surface area contributed by atoms with Gasteiger partial charge in [0, 0.05) is 11.4 Å². The minimum absolute atomic E-state index is 0.176. The zero-order valence-electron chi connectivity index (χ0n) is 9.80. The van der Waals surface area contributed by atoms with E-state index in [4.69, 9.17) is 10.3 Å². The van der Waals surface area contributed by atoms with Gasteiger partial charge in [-0.1, -0.05) is 11.2 Å². The number of nitrogens with zero attached hydrogens (tertiary/aromatic N) is 2. The van der Waals surface area contributed by atoms with Crippen molar-refractivity contribution in [3.8, 4) is 0 Å². The van der Waals surface area contributed by atoms with Crippen LogP contribution in [0.1, 0.15) is 11.7 Å². The van der Waals surface area contributed by atoms with E-state index in [-0.39, 0.29) is 12.6 Å². The van der Waals surface area contributed by atoms with E-state index in [0.29, 0.717) is 23.1 Å². The van der Waals surface area contributed by atoms with Crippen molar-refractivity contribution in [3.05, 3.63) is 36.0 Å². The fourth-order valence-corrected chi connectivity index (χ4v) is 1.36. The Labute approximate surface area is 103 Å². The Morgan fingerprint density at radius 3 is 3.00 bits per heavy atom. The van der Waals surface area contributed by atoms with Gasteiger partial charge in [0.05, 0.1) is 6.54 Å². The molecule has 4 N–H and O–H groups in total. The van der Waals surface area contributed by atoms with Gasteiger partial charge < -0.3 is 20.9 Å². The van der Waals surface area contributed by atoms with E-state index in [1.54, 1.807) is 31.2 Å². The summed E-state index contributed by atoms with van der Waals surface area (Å²) in [6, 6.07) is 6.54. The Kier molecular flexibility index (Phi) is 3.42. The first-order chi connectivity index (χ1) is 8.63. The van der Waals surface area contributed by atoms with Gasteiger partial charge in [0.1, 0.15) is 0 Å². The number of benzene rings is 1. The maximum Gasteiger partial charge on any atom is 0.319 e. The van der Waals surface area contributed by atoms with Crippen molar-refractivity contribution in [2.24, 2.45) is 0 Å². The van der Waals surface area contributed by atoms with Crippen molar-refractivity contribution in [1.29, 1.82) is 0 Å². The van der Waals surface area contributed by atoms with Gasteiger partial charge in [-0.25, -0.2) is 4.79 Å². The van der Waals surface area contributed by atoms with Crippen molar-refractivity contribution < 1.29 is 9.32 Å². The highest BCUT2D eigenvalue weighted by Crippen LogP contribution is 2.11. The van der Waals surface area contributed by atoms with Gasteiger partial charge in [-0.3, -0.25) is 0 Å². The van der Waals surface area contributed by atoms with E-state index in [0.717, 1.165) is 0 Å². The summed E-state index contributed by atoms with van der Waals surface area (Å²) in [5, 5.41) is 8.85. The number of hydrogen-bond acceptors (Lipinski definition) is 5. The lowest BCUT2D eigenvalue weighted by atomic mass is 10.3. The summed E-state index contributed by atoms with van der Waals surface area (Å²) in [4.78, 5) is 15.5. The van der Waals surface area contributed by atoms with Crippen LogP contribution in [0.2, 0.25) is 0 Å². The molecule has 0 aliphatic heterocycles. The molecule has 0 saturated heterocycles. The summed E-state index contributed by atoms with van der Waals surface area (Å²) < 4.78 is 4.86. The molecule has 0 unspecified atom stereocenters. The average Bonchev–Trinajstić information content (AvgIpc) is 2.73. The highest BCUT2D eigenvalue weighted by Gasteiger charge is 2.05. The molecule has 2 amide bonds. The van der Waals surface area contributed by atoms with Crippen LogP contribution in [0, 0.1) is 6.92 Å². The molecule has 18 heavy (non-hydrogen) atoms. The third-order valence-electron chi connectivity index (χ3n) is 2.11. The molecule has 0 bridgehead atoms. The highest BCUT2D eigenvalue weighted by molar-refractivity contribution is 5.89. The smallest absolute Gasteiger partial charge is 0.319 e. The Hall–Kier alpha value is -2.57. The Bertz CT molecular complexity index is 552. The fraction of sp³-hybridized carbons (Fsp3) is 0.182. The molecule has 0 spiro atoms. The molecule has 0 aliphatic carbocycles. The number of aromatic nitrogens is 2. The molecular weight excluding hydrogens is 234 g/mol. The van der Waals surface area contributed by atoms with Crippen LogP contribution in [0.4, 0.5) is 16.2 Å². The van der Waals surface area contributed by atoms with Crippen molar-refractivity contribution in [2.45, 2.75) is 13.5 Å². The number of carbonyl (C=O) groups is 1. The van der Waals surface area contributed by atoms with Crippen molar-refractivity contribution >= 4 is 17.4 Å². The van der Waals surface area contributed by atoms with E-state index < -0.39 is 0 Å². The number of nitrogens with one attached hydrogen (secondary N) is 2. The molecule has 94 valence electrons. The van der Waals surface area contributed by atoms with Crippen LogP contribution in [-0.4, -0.2) is 16.2 Å². The van der Waals surface area contributed by atoms with Crippen LogP contribution in [0.25, 0.3) is 0 Å². The molecule has 0 fully saturated rings. The summed E-state index contributed by atoms with van der Waals surface area (Å²) in [5.74, 6) is 0.887. The lowest BCUT2D eigenvalue weighted by molar-refractivity contribution is 0.249. The summed E-state index contributed by atoms with van der Waals surface area (Å²) in [6.07, 6.45) is 0. The van der Waals surface area contributed by atoms with Gasteiger partial charge >= 0.3 is 6.03 Å². The Morgan fingerprint density at radius 1 is 1.50 bits per heavy atom. The monoisotopic (exact) mass is 247 g/mol. The van der Waals surface area contributed by atoms with Crippen LogP contribution in [0.5, 0.6) is 0 Å². The molecule has 0 saturated carbocycles. The van der Waals surface area contributed by atoms with Gasteiger partial charge in [-0.2, -0.15) is 4.98 Å². The molecule has 2 rings (SSSR count). The summed E-state index contributed by atoms with van der Waals surface area (Å²) >= 11 is 0. The first-order valence-corrected chi connectivity index (χ1v) is 5.33. The van der Waals surface area contributed by atoms with Crippen molar-refractivity contribution in [1.82, 2.24) is 15.5 Å². The van der Waals surface area contributed by atoms with Gasteiger partial charge in [-0.15, -0.1) is 0 Å². The number of amides is 2. The van der Waals surface area contributed by atoms with Crippen molar-refractivity contribution in [2.75, 3.05) is 11.1 Å². The zero-order chi connectivity index (χ0) is 13.0. The number of nitrogen functional groups attached to an aromatic ring is 1. The van der Waals surface area contributed by atoms with Gasteiger partial charge in [0.25, 0.3) is 0 Å². The number of rotatable bonds is 3. The topological polar surface area (TPSA) is 106 Å². The van der Waals surface area contributed by atoms with Gasteiger partial charge in [-0.05, 0) is 25.1 Å². The highest BCUT2D eigenvalue weighted by atomic mass is 16.5. The summed E-state index contributed by atoms with van der Waals surface area (Å²) in [6.45, 7) is 1.88. The summed E-state index contributed by atoms with van der Waals surface area (Å²) in [5.41, 5.74) is 6.80. The van der Waals surface area contributed by atoms with Crippen LogP contribution >= 0.6 is 0 Å². The Morgan fingerprint density at radius 2 is 2.33 bits per heavy atom. The lowest BCUT2D eigenvalue weighted by Gasteiger charge is -2.06. The van der Waals surface area contributed by atoms with Crippen molar-refractivity contribution in [3.63, 3.8) is 0 Å². The Balaban J connectivity index is 1.85. The number of carbonyl (C=O) groups excluding carboxylic acids is 1. The first kappa shape index (κ1) is 11.9. The zero-order valence-corrected chi connectivity index (χ0v) is 9.80. The van der Waals surface area contributed by atoms with E-state index in [1.165, 1.54) is 0 Å². The van der Waals surface area contributed by atoms with Gasteiger partial charge in [0.2, 0.25) is 5.89 Å². The molecule has 1 aromatic carbocycles. The SMILES string of the molecule is Cc1noc(CNC(=O)Nc2cccc(N)c2)n1. The second-order valence-corrected chi connectivity index (χ2v) is 3.67. The lowest BCUT2D eigenvalue weighted by Crippen LogP contribution is -2.28. The van der Waals surface area contributed by atoms with Crippen LogP contribution in [-0.2, 0) is 6.54 Å². The van der Waals surface area contributed by atoms with Crippen LogP contribution in [0.3, 0.4) is 0 Å².